The summed E-state index contributed by atoms with van der Waals surface area (Å²) in [7, 11) is 1.37. The van der Waals surface area contributed by atoms with Gasteiger partial charge in [-0.25, -0.2) is 13.9 Å². The van der Waals surface area contributed by atoms with Crippen LogP contribution in [0.2, 0.25) is 0 Å². The number of carbonyl (C=O) groups excluding carboxylic acids is 1. The molecule has 0 atom stereocenters. The van der Waals surface area contributed by atoms with Crippen LogP contribution in [-0.4, -0.2) is 32.3 Å². The monoisotopic (exact) mass is 422 g/mol. The first-order chi connectivity index (χ1) is 15.0. The third kappa shape index (κ3) is 3.73. The van der Waals surface area contributed by atoms with E-state index < -0.39 is 22.4 Å². The topological polar surface area (TPSA) is 101 Å². The first-order valence-electron chi connectivity index (χ1n) is 9.00. The quantitative estimate of drug-likeness (QED) is 0.202. The van der Waals surface area contributed by atoms with Crippen molar-refractivity contribution in [1.82, 2.24) is 14.3 Å². The van der Waals surface area contributed by atoms with Crippen molar-refractivity contribution in [2.75, 3.05) is 7.11 Å². The Morgan fingerprint density at radius 1 is 1.13 bits per heavy atom. The van der Waals surface area contributed by atoms with Gasteiger partial charge in [0.1, 0.15) is 22.8 Å². The van der Waals surface area contributed by atoms with E-state index in [1.165, 1.54) is 48.3 Å². The second kappa shape index (κ2) is 8.11. The number of methoxy groups -OCH3 is 1. The Hall–Kier alpha value is -4.47. The van der Waals surface area contributed by atoms with Crippen LogP contribution < -0.4 is 9.47 Å². The summed E-state index contributed by atoms with van der Waals surface area (Å²) < 4.78 is 27.5. The molecule has 0 spiro atoms. The summed E-state index contributed by atoms with van der Waals surface area (Å²) in [5.74, 6) is -1.22. The number of benzene rings is 2. The van der Waals surface area contributed by atoms with Crippen LogP contribution in [0.25, 0.3) is 11.5 Å². The zero-order valence-electron chi connectivity index (χ0n) is 16.1. The van der Waals surface area contributed by atoms with Gasteiger partial charge in [0.05, 0.1) is 24.3 Å². The van der Waals surface area contributed by atoms with E-state index in [-0.39, 0.29) is 28.6 Å². The van der Waals surface area contributed by atoms with E-state index >= 15 is 0 Å². The fourth-order valence-corrected chi connectivity index (χ4v) is 3.02. The number of nitrogens with zero attached hydrogens (tertiary/aromatic N) is 4. The van der Waals surface area contributed by atoms with E-state index in [4.69, 9.17) is 9.47 Å². The largest absolute Gasteiger partial charge is 0.496 e. The van der Waals surface area contributed by atoms with E-state index in [0.29, 0.717) is 0 Å². The van der Waals surface area contributed by atoms with Gasteiger partial charge in [-0.1, -0.05) is 12.1 Å². The molecule has 2 heterocycles. The number of nitro benzene ring substituents is 1. The van der Waals surface area contributed by atoms with E-state index in [2.05, 4.69) is 5.10 Å². The van der Waals surface area contributed by atoms with Crippen molar-refractivity contribution in [3.8, 4) is 23.0 Å². The van der Waals surface area contributed by atoms with Gasteiger partial charge in [0.15, 0.2) is 5.82 Å². The van der Waals surface area contributed by atoms with Crippen molar-refractivity contribution < 1.29 is 23.6 Å². The first-order valence-corrected chi connectivity index (χ1v) is 9.00. The number of aromatic nitrogens is 3. The van der Waals surface area contributed by atoms with Crippen LogP contribution in [0.15, 0.2) is 73.2 Å². The van der Waals surface area contributed by atoms with Crippen LogP contribution in [0.5, 0.6) is 11.5 Å². The van der Waals surface area contributed by atoms with Gasteiger partial charge in [0, 0.05) is 12.4 Å². The molecule has 4 rings (SSSR count). The molecule has 4 aromatic rings. The van der Waals surface area contributed by atoms with Gasteiger partial charge >= 0.3 is 11.7 Å². The maximum atomic E-state index is 14.4. The fraction of sp³-hybridized carbons (Fsp3) is 0.0476. The van der Waals surface area contributed by atoms with Crippen LogP contribution in [0.1, 0.15) is 10.4 Å². The van der Waals surface area contributed by atoms with Crippen molar-refractivity contribution in [2.24, 2.45) is 0 Å². The molecule has 156 valence electrons. The van der Waals surface area contributed by atoms with Crippen LogP contribution in [0.3, 0.4) is 0 Å². The lowest BCUT2D eigenvalue weighted by Gasteiger charge is -2.11. The highest BCUT2D eigenvalue weighted by Crippen LogP contribution is 2.32. The van der Waals surface area contributed by atoms with Gasteiger partial charge in [0.2, 0.25) is 5.75 Å². The number of rotatable bonds is 6. The summed E-state index contributed by atoms with van der Waals surface area (Å²) in [5, 5.41) is 15.5. The molecule has 0 N–H and O–H groups in total. The van der Waals surface area contributed by atoms with E-state index in [9.17, 15) is 19.3 Å². The predicted octanol–water partition coefficient (Wildman–Crippen LogP) is 3.94. The maximum Gasteiger partial charge on any atom is 0.349 e. The van der Waals surface area contributed by atoms with Crippen LogP contribution in [-0.2, 0) is 0 Å². The number of esters is 1. The Labute approximate surface area is 175 Å². The van der Waals surface area contributed by atoms with Crippen LogP contribution in [0.4, 0.5) is 10.1 Å². The smallest absolute Gasteiger partial charge is 0.349 e. The number of nitro groups is 1. The number of halogens is 1. The molecule has 0 radical (unpaired) electrons. The maximum absolute atomic E-state index is 14.4. The van der Waals surface area contributed by atoms with Gasteiger partial charge < -0.3 is 14.0 Å². The molecule has 0 aliphatic heterocycles. The Morgan fingerprint density at radius 3 is 2.55 bits per heavy atom. The van der Waals surface area contributed by atoms with Gasteiger partial charge in [-0.05, 0) is 36.4 Å². The molecular weight excluding hydrogens is 407 g/mol. The molecule has 0 saturated carbocycles. The van der Waals surface area contributed by atoms with Crippen molar-refractivity contribution >= 4 is 11.7 Å². The molecule has 2 aromatic carbocycles. The molecule has 31 heavy (non-hydrogen) atoms. The van der Waals surface area contributed by atoms with Gasteiger partial charge in [-0.2, -0.15) is 5.10 Å². The highest BCUT2D eigenvalue weighted by atomic mass is 19.1. The molecule has 0 aliphatic rings. The highest BCUT2D eigenvalue weighted by molar-refractivity contribution is 5.94. The minimum atomic E-state index is -0.889. The molecule has 2 aromatic heterocycles. The average Bonchev–Trinajstić information content (AvgIpc) is 3.44. The predicted molar refractivity (Wildman–Crippen MR) is 107 cm³/mol. The lowest BCUT2D eigenvalue weighted by atomic mass is 10.2. The molecule has 0 fully saturated rings. The normalized spacial score (nSPS) is 10.6. The molecule has 0 bridgehead atoms. The van der Waals surface area contributed by atoms with Gasteiger partial charge in [-0.15, -0.1) is 0 Å². The van der Waals surface area contributed by atoms with Gasteiger partial charge in [-0.3, -0.25) is 10.1 Å². The van der Waals surface area contributed by atoms with Crippen LogP contribution >= 0.6 is 0 Å². The number of hydrogen-bond acceptors (Lipinski definition) is 6. The van der Waals surface area contributed by atoms with Crippen molar-refractivity contribution in [2.45, 2.75) is 0 Å². The lowest BCUT2D eigenvalue weighted by Crippen LogP contribution is -2.14. The number of para-hydroxylation sites is 1. The molecule has 0 aliphatic carbocycles. The Kier molecular flexibility index (Phi) is 5.19. The van der Waals surface area contributed by atoms with E-state index in [1.807, 2.05) is 0 Å². The molecule has 10 heteroatoms. The Balaban J connectivity index is 1.78. The minimum absolute atomic E-state index is 0.00966. The summed E-state index contributed by atoms with van der Waals surface area (Å²) in [6.45, 7) is 0. The first kappa shape index (κ1) is 19.8. The minimum Gasteiger partial charge on any atom is -0.496 e. The van der Waals surface area contributed by atoms with E-state index in [0.717, 1.165) is 6.07 Å². The summed E-state index contributed by atoms with van der Waals surface area (Å²) >= 11 is 0. The van der Waals surface area contributed by atoms with E-state index in [1.54, 1.807) is 35.2 Å². The second-order valence-corrected chi connectivity index (χ2v) is 6.32. The molecule has 0 saturated heterocycles. The Bertz CT molecular complexity index is 1270. The van der Waals surface area contributed by atoms with Crippen molar-refractivity contribution in [3.63, 3.8) is 0 Å². The number of carbonyl (C=O) groups is 1. The summed E-state index contributed by atoms with van der Waals surface area (Å²) in [4.78, 5) is 23.7. The fourth-order valence-electron chi connectivity index (χ4n) is 3.02. The molecule has 0 unspecified atom stereocenters. The van der Waals surface area contributed by atoms with Crippen LogP contribution in [0, 0.1) is 15.9 Å². The summed E-state index contributed by atoms with van der Waals surface area (Å²) in [5.41, 5.74) is -0.318. The lowest BCUT2D eigenvalue weighted by molar-refractivity contribution is -0.385. The van der Waals surface area contributed by atoms with Crippen molar-refractivity contribution in [1.29, 1.82) is 0 Å². The molecule has 0 amide bonds. The molecule has 9 nitrogen and oxygen atoms in total. The second-order valence-electron chi connectivity index (χ2n) is 6.32. The average molecular weight is 422 g/mol. The highest BCUT2D eigenvalue weighted by Gasteiger charge is 2.26. The zero-order chi connectivity index (χ0) is 22.0. The zero-order valence-corrected chi connectivity index (χ0v) is 16.1. The third-order valence-electron chi connectivity index (χ3n) is 4.46. The summed E-state index contributed by atoms with van der Waals surface area (Å²) in [6.07, 6.45) is 4.53. The number of ether oxygens (including phenoxy) is 2. The SMILES string of the molecule is COc1ccc(OC(=O)c2cnn(-c3ccccc3F)c2-n2cccc2)c([N+](=O)[O-])c1. The van der Waals surface area contributed by atoms with Crippen molar-refractivity contribution in [3.05, 3.63) is 94.7 Å². The Morgan fingerprint density at radius 2 is 1.87 bits per heavy atom. The standard InChI is InChI=1S/C21H15FN4O5/c1-30-14-8-9-19(18(12-14)26(28)29)31-21(27)15-13-23-25(17-7-3-2-6-16(17)22)20(15)24-10-4-5-11-24/h2-13H,1H3. The third-order valence-corrected chi connectivity index (χ3v) is 4.46. The molecular formula is C21H15FN4O5. The number of hydrogen-bond donors (Lipinski definition) is 0. The summed E-state index contributed by atoms with van der Waals surface area (Å²) in [6, 6.07) is 13.3. The van der Waals surface area contributed by atoms with Gasteiger partial charge in [0.25, 0.3) is 0 Å².